The van der Waals surface area contributed by atoms with E-state index in [2.05, 4.69) is 4.98 Å². The summed E-state index contributed by atoms with van der Waals surface area (Å²) in [5.74, 6) is 0. The maximum absolute atomic E-state index is 13.2. The van der Waals surface area contributed by atoms with Gasteiger partial charge in [0.2, 0.25) is 0 Å². The molecule has 1 aromatic carbocycles. The third-order valence-electron chi connectivity index (χ3n) is 4.56. The van der Waals surface area contributed by atoms with Crippen LogP contribution in [0.3, 0.4) is 0 Å². The van der Waals surface area contributed by atoms with Crippen molar-refractivity contribution in [3.63, 3.8) is 0 Å². The molecule has 0 saturated carbocycles. The molecule has 138 valence electrons. The normalized spacial score (nSPS) is 14.6. The molecule has 0 saturated heterocycles. The first-order valence-corrected chi connectivity index (χ1v) is 9.78. The second-order valence-corrected chi connectivity index (χ2v) is 8.23. The Kier molecular flexibility index (Phi) is 4.39. The zero-order valence-corrected chi connectivity index (χ0v) is 15.3. The number of hydrogen-bond donors (Lipinski definition) is 2. The second kappa shape index (κ2) is 6.61. The first-order valence-electron chi connectivity index (χ1n) is 8.34. The summed E-state index contributed by atoms with van der Waals surface area (Å²) in [5, 5.41) is 19.4. The number of nitrogens with zero attached hydrogens (tertiary/aromatic N) is 2. The molecule has 1 aliphatic rings. The van der Waals surface area contributed by atoms with Crippen LogP contribution < -0.4 is 5.46 Å². The van der Waals surface area contributed by atoms with E-state index in [4.69, 9.17) is 4.74 Å². The smallest absolute Gasteiger partial charge is 0.423 e. The zero-order chi connectivity index (χ0) is 19.2. The Morgan fingerprint density at radius 3 is 2.59 bits per heavy atom. The van der Waals surface area contributed by atoms with Gasteiger partial charge in [-0.3, -0.25) is 0 Å². The molecule has 0 fully saturated rings. The van der Waals surface area contributed by atoms with Gasteiger partial charge in [-0.1, -0.05) is 23.8 Å². The fourth-order valence-electron chi connectivity index (χ4n) is 3.07. The van der Waals surface area contributed by atoms with Crippen molar-refractivity contribution >= 4 is 39.2 Å². The lowest BCUT2D eigenvalue weighted by Gasteiger charge is -2.07. The molecule has 27 heavy (non-hydrogen) atoms. The SMILES string of the molecule is Cc1ccc(S(=O)(=O)n2cc(C3=CCOC3)c3cc(B(O)O)cnc32)cc1. The van der Waals surface area contributed by atoms with Crippen molar-refractivity contribution in [1.82, 2.24) is 8.96 Å². The molecule has 3 heterocycles. The third kappa shape index (κ3) is 3.08. The molecule has 1 aliphatic heterocycles. The van der Waals surface area contributed by atoms with E-state index in [0.717, 1.165) is 15.1 Å². The van der Waals surface area contributed by atoms with Gasteiger partial charge in [-0.2, -0.15) is 0 Å². The van der Waals surface area contributed by atoms with Gasteiger partial charge in [-0.25, -0.2) is 17.4 Å². The Balaban J connectivity index is 1.97. The zero-order valence-electron chi connectivity index (χ0n) is 14.5. The van der Waals surface area contributed by atoms with Crippen molar-refractivity contribution in [2.45, 2.75) is 11.8 Å². The molecule has 2 N–H and O–H groups in total. The lowest BCUT2D eigenvalue weighted by molar-refractivity contribution is 0.216. The maximum atomic E-state index is 13.2. The fourth-order valence-corrected chi connectivity index (χ4v) is 4.40. The van der Waals surface area contributed by atoms with E-state index in [1.165, 1.54) is 12.4 Å². The minimum absolute atomic E-state index is 0.154. The molecular formula is C18H17BN2O5S. The Bertz CT molecular complexity index is 1150. The van der Waals surface area contributed by atoms with Crippen molar-refractivity contribution < 1.29 is 23.2 Å². The van der Waals surface area contributed by atoms with Crippen LogP contribution in [0.1, 0.15) is 11.1 Å². The van der Waals surface area contributed by atoms with Crippen LogP contribution in [0.5, 0.6) is 0 Å². The topological polar surface area (TPSA) is 102 Å². The highest BCUT2D eigenvalue weighted by molar-refractivity contribution is 7.90. The van der Waals surface area contributed by atoms with Gasteiger partial charge < -0.3 is 14.8 Å². The lowest BCUT2D eigenvalue weighted by atomic mass is 9.81. The second-order valence-electron chi connectivity index (χ2n) is 6.41. The Morgan fingerprint density at radius 2 is 1.96 bits per heavy atom. The van der Waals surface area contributed by atoms with Gasteiger partial charge in [0.25, 0.3) is 10.0 Å². The van der Waals surface area contributed by atoms with E-state index < -0.39 is 17.1 Å². The number of hydrogen-bond acceptors (Lipinski definition) is 6. The summed E-state index contributed by atoms with van der Waals surface area (Å²) in [4.78, 5) is 4.35. The molecule has 9 heteroatoms. The standard InChI is InChI=1S/C18H17BN2O5S/c1-12-2-4-15(5-3-12)27(24,25)21-10-17(13-6-7-26-11-13)16-8-14(19(22)23)9-20-18(16)21/h2-6,8-10,22-23H,7,11H2,1H3. The number of fused-ring (bicyclic) bond motifs is 1. The predicted molar refractivity (Wildman–Crippen MR) is 102 cm³/mol. The quantitative estimate of drug-likeness (QED) is 0.642. The summed E-state index contributed by atoms with van der Waals surface area (Å²) in [6, 6.07) is 8.13. The molecule has 3 aromatic rings. The molecule has 0 aliphatic carbocycles. The van der Waals surface area contributed by atoms with Gasteiger partial charge in [0, 0.05) is 28.8 Å². The van der Waals surface area contributed by atoms with Crippen LogP contribution in [0, 0.1) is 6.92 Å². The van der Waals surface area contributed by atoms with Gasteiger partial charge in [0.15, 0.2) is 5.65 Å². The number of aromatic nitrogens is 2. The highest BCUT2D eigenvalue weighted by atomic mass is 32.2. The summed E-state index contributed by atoms with van der Waals surface area (Å²) in [6.07, 6.45) is 4.65. The van der Waals surface area contributed by atoms with Crippen LogP contribution in [0.2, 0.25) is 0 Å². The predicted octanol–water partition coefficient (Wildman–Crippen LogP) is 0.675. The highest BCUT2D eigenvalue weighted by Gasteiger charge is 2.25. The average Bonchev–Trinajstić information content (AvgIpc) is 3.29. The van der Waals surface area contributed by atoms with Crippen molar-refractivity contribution in [3.8, 4) is 0 Å². The number of ether oxygens (including phenoxy) is 1. The highest BCUT2D eigenvalue weighted by Crippen LogP contribution is 2.30. The Labute approximate surface area is 156 Å². The minimum Gasteiger partial charge on any atom is -0.423 e. The molecule has 0 atom stereocenters. The summed E-state index contributed by atoms with van der Waals surface area (Å²) in [5.41, 5.74) is 2.86. The fraction of sp³-hybridized carbons (Fsp3) is 0.167. The minimum atomic E-state index is -3.86. The van der Waals surface area contributed by atoms with Crippen LogP contribution in [-0.4, -0.2) is 47.8 Å². The van der Waals surface area contributed by atoms with Crippen LogP contribution in [-0.2, 0) is 14.8 Å². The van der Waals surface area contributed by atoms with Crippen LogP contribution in [0.4, 0.5) is 0 Å². The first-order chi connectivity index (χ1) is 12.9. The van der Waals surface area contributed by atoms with Gasteiger partial charge in [0.1, 0.15) is 0 Å². The number of benzene rings is 1. The largest absolute Gasteiger partial charge is 0.490 e. The molecule has 0 radical (unpaired) electrons. The Morgan fingerprint density at radius 1 is 1.22 bits per heavy atom. The maximum Gasteiger partial charge on any atom is 0.490 e. The number of pyridine rings is 1. The van der Waals surface area contributed by atoms with Crippen molar-refractivity contribution in [3.05, 3.63) is 59.9 Å². The van der Waals surface area contributed by atoms with Crippen LogP contribution in [0.25, 0.3) is 16.6 Å². The van der Waals surface area contributed by atoms with E-state index in [0.29, 0.717) is 24.2 Å². The third-order valence-corrected chi connectivity index (χ3v) is 6.22. The lowest BCUT2D eigenvalue weighted by Crippen LogP contribution is -2.30. The average molecular weight is 384 g/mol. The van der Waals surface area contributed by atoms with Gasteiger partial charge in [-0.05, 0) is 30.7 Å². The van der Waals surface area contributed by atoms with E-state index in [1.54, 1.807) is 30.3 Å². The molecule has 0 unspecified atom stereocenters. The summed E-state index contributed by atoms with van der Waals surface area (Å²) >= 11 is 0. The van der Waals surface area contributed by atoms with E-state index in [9.17, 15) is 18.5 Å². The van der Waals surface area contributed by atoms with Crippen LogP contribution in [0.15, 0.2) is 53.7 Å². The van der Waals surface area contributed by atoms with Crippen molar-refractivity contribution in [2.24, 2.45) is 0 Å². The van der Waals surface area contributed by atoms with E-state index >= 15 is 0 Å². The summed E-state index contributed by atoms with van der Waals surface area (Å²) < 4.78 is 32.9. The molecular weight excluding hydrogens is 367 g/mol. The molecule has 7 nitrogen and oxygen atoms in total. The van der Waals surface area contributed by atoms with Gasteiger partial charge in [0.05, 0.1) is 18.1 Å². The van der Waals surface area contributed by atoms with Gasteiger partial charge >= 0.3 is 7.12 Å². The van der Waals surface area contributed by atoms with Crippen LogP contribution >= 0.6 is 0 Å². The van der Waals surface area contributed by atoms with Crippen molar-refractivity contribution in [2.75, 3.05) is 13.2 Å². The Hall–Kier alpha value is -2.46. The summed E-state index contributed by atoms with van der Waals surface area (Å²) in [6.45, 7) is 2.69. The van der Waals surface area contributed by atoms with Gasteiger partial charge in [-0.15, -0.1) is 0 Å². The summed E-state index contributed by atoms with van der Waals surface area (Å²) in [7, 11) is -5.56. The molecule has 0 spiro atoms. The van der Waals surface area contributed by atoms with E-state index in [-0.39, 0.29) is 16.0 Å². The molecule has 0 amide bonds. The first kappa shape index (κ1) is 17.9. The number of rotatable bonds is 4. The monoisotopic (exact) mass is 384 g/mol. The number of aryl methyl sites for hydroxylation is 1. The van der Waals surface area contributed by atoms with Crippen molar-refractivity contribution in [1.29, 1.82) is 0 Å². The molecule has 0 bridgehead atoms. The van der Waals surface area contributed by atoms with E-state index in [1.807, 2.05) is 13.0 Å². The molecule has 4 rings (SSSR count). The molecule has 2 aromatic heterocycles.